The van der Waals surface area contributed by atoms with Gasteiger partial charge in [0.1, 0.15) is 21.9 Å². The quantitative estimate of drug-likeness (QED) is 0.801. The first-order valence-electron chi connectivity index (χ1n) is 4.64. The summed E-state index contributed by atoms with van der Waals surface area (Å²) >= 11 is 3.36. The van der Waals surface area contributed by atoms with Gasteiger partial charge in [0.15, 0.2) is 0 Å². The SMILES string of the molecule is O=S(Cl)C1CC(Oc2ccc(Br)cc2)C1. The van der Waals surface area contributed by atoms with Gasteiger partial charge in [0, 0.05) is 4.47 Å². The van der Waals surface area contributed by atoms with Crippen LogP contribution in [0.25, 0.3) is 0 Å². The Bertz CT molecular complexity index is 362. The summed E-state index contributed by atoms with van der Waals surface area (Å²) in [4.78, 5) is 0. The molecule has 0 N–H and O–H groups in total. The molecule has 1 unspecified atom stereocenters. The van der Waals surface area contributed by atoms with E-state index in [1.54, 1.807) is 0 Å². The lowest BCUT2D eigenvalue weighted by Crippen LogP contribution is -2.39. The van der Waals surface area contributed by atoms with Crippen LogP contribution >= 0.6 is 26.6 Å². The van der Waals surface area contributed by atoms with Gasteiger partial charge in [-0.3, -0.25) is 0 Å². The zero-order valence-corrected chi connectivity index (χ0v) is 11.0. The van der Waals surface area contributed by atoms with Crippen LogP contribution < -0.4 is 4.74 Å². The van der Waals surface area contributed by atoms with Gasteiger partial charge >= 0.3 is 0 Å². The second kappa shape index (κ2) is 4.85. The van der Waals surface area contributed by atoms with Crippen LogP contribution in [0.15, 0.2) is 28.7 Å². The van der Waals surface area contributed by atoms with E-state index >= 15 is 0 Å². The third kappa shape index (κ3) is 2.95. The summed E-state index contributed by atoms with van der Waals surface area (Å²) in [6.45, 7) is 0. The van der Waals surface area contributed by atoms with Crippen molar-refractivity contribution in [1.82, 2.24) is 0 Å². The van der Waals surface area contributed by atoms with E-state index in [1.807, 2.05) is 24.3 Å². The Kier molecular flexibility index (Phi) is 3.69. The summed E-state index contributed by atoms with van der Waals surface area (Å²) in [6, 6.07) is 7.69. The van der Waals surface area contributed by atoms with E-state index in [9.17, 15) is 4.21 Å². The largest absolute Gasteiger partial charge is 0.490 e. The van der Waals surface area contributed by atoms with Crippen molar-refractivity contribution in [3.63, 3.8) is 0 Å². The summed E-state index contributed by atoms with van der Waals surface area (Å²) in [5.41, 5.74) is 0. The maximum absolute atomic E-state index is 10.9. The molecule has 1 aliphatic rings. The first-order chi connectivity index (χ1) is 7.15. The average molecular weight is 310 g/mol. The number of benzene rings is 1. The third-order valence-corrected chi connectivity index (χ3v) is 4.62. The van der Waals surface area contributed by atoms with Crippen LogP contribution in [0.4, 0.5) is 0 Å². The highest BCUT2D eigenvalue weighted by molar-refractivity contribution is 9.10. The number of hydrogen-bond acceptors (Lipinski definition) is 2. The lowest BCUT2D eigenvalue weighted by molar-refractivity contribution is 0.125. The first kappa shape index (κ1) is 11.4. The van der Waals surface area contributed by atoms with Gasteiger partial charge in [-0.2, -0.15) is 0 Å². The molecule has 1 aromatic carbocycles. The van der Waals surface area contributed by atoms with Crippen molar-refractivity contribution in [3.8, 4) is 5.75 Å². The average Bonchev–Trinajstić information content (AvgIpc) is 2.13. The van der Waals surface area contributed by atoms with Gasteiger partial charge < -0.3 is 4.74 Å². The van der Waals surface area contributed by atoms with Crippen LogP contribution in [-0.4, -0.2) is 15.6 Å². The Labute approximate surface area is 104 Å². The Hall–Kier alpha value is -0.0600. The van der Waals surface area contributed by atoms with Crippen LogP contribution in [0, 0.1) is 0 Å². The molecule has 0 aromatic heterocycles. The molecule has 0 saturated heterocycles. The van der Waals surface area contributed by atoms with E-state index in [1.165, 1.54) is 0 Å². The summed E-state index contributed by atoms with van der Waals surface area (Å²) in [5, 5.41) is 0.104. The molecule has 1 fully saturated rings. The fourth-order valence-electron chi connectivity index (χ4n) is 1.47. The maximum atomic E-state index is 10.9. The molecule has 1 saturated carbocycles. The zero-order chi connectivity index (χ0) is 10.8. The second-order valence-corrected chi connectivity index (χ2v) is 6.53. The van der Waals surface area contributed by atoms with Crippen LogP contribution in [0.1, 0.15) is 12.8 Å². The van der Waals surface area contributed by atoms with E-state index in [0.29, 0.717) is 0 Å². The Morgan fingerprint density at radius 2 is 1.93 bits per heavy atom. The van der Waals surface area contributed by atoms with Gasteiger partial charge in [0.25, 0.3) is 0 Å². The van der Waals surface area contributed by atoms with Crippen molar-refractivity contribution in [3.05, 3.63) is 28.7 Å². The van der Waals surface area contributed by atoms with Gasteiger partial charge in [-0.05, 0) is 47.8 Å². The van der Waals surface area contributed by atoms with E-state index in [2.05, 4.69) is 15.9 Å². The van der Waals surface area contributed by atoms with Gasteiger partial charge in [0.05, 0.1) is 5.25 Å². The van der Waals surface area contributed by atoms with Crippen LogP contribution in [0.5, 0.6) is 5.75 Å². The lowest BCUT2D eigenvalue weighted by Gasteiger charge is -2.32. The van der Waals surface area contributed by atoms with Gasteiger partial charge in [-0.25, -0.2) is 4.21 Å². The summed E-state index contributed by atoms with van der Waals surface area (Å²) in [5.74, 6) is 0.849. The van der Waals surface area contributed by atoms with Crippen molar-refractivity contribution in [2.24, 2.45) is 0 Å². The molecule has 2 rings (SSSR count). The first-order valence-corrected chi connectivity index (χ1v) is 7.47. The smallest absolute Gasteiger partial charge is 0.119 e. The monoisotopic (exact) mass is 308 g/mol. The molecular formula is C10H10BrClO2S. The van der Waals surface area contributed by atoms with Crippen molar-refractivity contribution >= 4 is 36.6 Å². The Balaban J connectivity index is 1.85. The fraction of sp³-hybridized carbons (Fsp3) is 0.400. The third-order valence-electron chi connectivity index (χ3n) is 2.43. The Morgan fingerprint density at radius 1 is 1.33 bits per heavy atom. The topological polar surface area (TPSA) is 26.3 Å². The molecule has 0 radical (unpaired) electrons. The predicted molar refractivity (Wildman–Crippen MR) is 65.6 cm³/mol. The van der Waals surface area contributed by atoms with E-state index in [-0.39, 0.29) is 11.4 Å². The van der Waals surface area contributed by atoms with E-state index in [0.717, 1.165) is 23.1 Å². The number of ether oxygens (including phenoxy) is 1. The standard InChI is InChI=1S/C10H10BrClO2S/c11-7-1-3-8(4-2-7)14-9-5-10(6-9)15(12)13/h1-4,9-10H,5-6H2. The summed E-state index contributed by atoms with van der Waals surface area (Å²) in [7, 11) is 4.26. The zero-order valence-electron chi connectivity index (χ0n) is 7.86. The van der Waals surface area contributed by atoms with Crippen LogP contribution in [0.2, 0.25) is 0 Å². The number of hydrogen-bond donors (Lipinski definition) is 0. The molecule has 0 amide bonds. The lowest BCUT2D eigenvalue weighted by atomic mass is 9.95. The number of rotatable bonds is 3. The van der Waals surface area contributed by atoms with Crippen molar-refractivity contribution in [2.45, 2.75) is 24.2 Å². The van der Waals surface area contributed by atoms with Gasteiger partial charge in [0.2, 0.25) is 0 Å². The molecule has 5 heteroatoms. The molecule has 1 aliphatic carbocycles. The molecule has 82 valence electrons. The molecule has 1 atom stereocenters. The van der Waals surface area contributed by atoms with Crippen molar-refractivity contribution in [2.75, 3.05) is 0 Å². The van der Waals surface area contributed by atoms with Crippen molar-refractivity contribution < 1.29 is 8.95 Å². The summed E-state index contributed by atoms with van der Waals surface area (Å²) in [6.07, 6.45) is 1.73. The highest BCUT2D eigenvalue weighted by Crippen LogP contribution is 2.31. The minimum atomic E-state index is -1.22. The van der Waals surface area contributed by atoms with Gasteiger partial charge in [-0.1, -0.05) is 15.9 Å². The fourth-order valence-corrected chi connectivity index (χ4v) is 2.90. The summed E-state index contributed by atoms with van der Waals surface area (Å²) < 4.78 is 17.6. The molecule has 0 spiro atoms. The second-order valence-electron chi connectivity index (χ2n) is 3.54. The molecule has 1 aromatic rings. The van der Waals surface area contributed by atoms with Gasteiger partial charge in [-0.15, -0.1) is 0 Å². The highest BCUT2D eigenvalue weighted by atomic mass is 79.9. The molecule has 2 nitrogen and oxygen atoms in total. The van der Waals surface area contributed by atoms with Crippen LogP contribution in [0.3, 0.4) is 0 Å². The van der Waals surface area contributed by atoms with Crippen molar-refractivity contribution in [1.29, 1.82) is 0 Å². The minimum absolute atomic E-state index is 0.104. The predicted octanol–water partition coefficient (Wildman–Crippen LogP) is 3.26. The minimum Gasteiger partial charge on any atom is -0.490 e. The molecule has 0 heterocycles. The normalized spacial score (nSPS) is 26.8. The maximum Gasteiger partial charge on any atom is 0.119 e. The Morgan fingerprint density at radius 3 is 2.47 bits per heavy atom. The molecular weight excluding hydrogens is 300 g/mol. The molecule has 0 aliphatic heterocycles. The highest BCUT2D eigenvalue weighted by Gasteiger charge is 2.34. The van der Waals surface area contributed by atoms with Crippen LogP contribution in [-0.2, 0) is 10.0 Å². The number of halogens is 2. The van der Waals surface area contributed by atoms with E-state index in [4.69, 9.17) is 15.4 Å². The molecule has 15 heavy (non-hydrogen) atoms. The molecule has 0 bridgehead atoms. The van der Waals surface area contributed by atoms with E-state index < -0.39 is 10.0 Å².